The molecule has 0 unspecified atom stereocenters. The topological polar surface area (TPSA) is 98.8 Å². The molecule has 4 aromatic rings. The average molecular weight is 457 g/mol. The molecule has 0 atom stereocenters. The van der Waals surface area contributed by atoms with Gasteiger partial charge >= 0.3 is 0 Å². The maximum absolute atomic E-state index is 11.5. The van der Waals surface area contributed by atoms with Gasteiger partial charge in [0.15, 0.2) is 5.15 Å². The molecule has 9 nitrogen and oxygen atoms in total. The van der Waals surface area contributed by atoms with Gasteiger partial charge in [-0.3, -0.25) is 13.6 Å². The van der Waals surface area contributed by atoms with E-state index in [2.05, 4.69) is 19.9 Å². The van der Waals surface area contributed by atoms with Gasteiger partial charge < -0.3 is 14.5 Å². The van der Waals surface area contributed by atoms with Crippen molar-refractivity contribution >= 4 is 22.6 Å². The van der Waals surface area contributed by atoms with Gasteiger partial charge in [0.05, 0.1) is 12.4 Å². The zero-order valence-corrected chi connectivity index (χ0v) is 18.4. The summed E-state index contributed by atoms with van der Waals surface area (Å²) in [4.78, 5) is 27.1. The van der Waals surface area contributed by atoms with Gasteiger partial charge in [0, 0.05) is 63.1 Å². The number of aromatic amines is 1. The van der Waals surface area contributed by atoms with Gasteiger partial charge in [-0.2, -0.15) is 0 Å². The molecule has 0 aromatic carbocycles. The van der Waals surface area contributed by atoms with E-state index in [-0.39, 0.29) is 5.56 Å². The summed E-state index contributed by atoms with van der Waals surface area (Å²) in [7, 11) is 0. The van der Waals surface area contributed by atoms with Crippen LogP contribution in [0.3, 0.4) is 0 Å². The second kappa shape index (κ2) is 9.40. The highest BCUT2D eigenvalue weighted by Crippen LogP contribution is 2.28. The first-order chi connectivity index (χ1) is 15.7. The minimum atomic E-state index is -0.0895. The van der Waals surface area contributed by atoms with Crippen molar-refractivity contribution in [3.63, 3.8) is 0 Å². The zero-order chi connectivity index (χ0) is 21.9. The first-order valence-electron chi connectivity index (χ1n) is 10.9. The summed E-state index contributed by atoms with van der Waals surface area (Å²) >= 11 is 6.01. The first-order valence-corrected chi connectivity index (χ1v) is 11.3. The van der Waals surface area contributed by atoms with Crippen molar-refractivity contribution < 1.29 is 9.47 Å². The average Bonchev–Trinajstić information content (AvgIpc) is 3.47. The molecule has 2 aliphatic heterocycles. The lowest BCUT2D eigenvalue weighted by Gasteiger charge is -2.20. The highest BCUT2D eigenvalue weighted by molar-refractivity contribution is 6.32. The third kappa shape index (κ3) is 4.15. The van der Waals surface area contributed by atoms with E-state index >= 15 is 0 Å². The molecule has 168 valence electrons. The minimum absolute atomic E-state index is 0.0895. The van der Waals surface area contributed by atoms with Crippen molar-refractivity contribution in [2.24, 2.45) is 0 Å². The van der Waals surface area contributed by atoms with E-state index in [1.165, 1.54) is 0 Å². The fourth-order valence-corrected chi connectivity index (χ4v) is 4.59. The number of halogens is 1. The molecule has 2 aliphatic rings. The molecule has 6 heterocycles. The van der Waals surface area contributed by atoms with Crippen LogP contribution in [0.5, 0.6) is 0 Å². The quantitative estimate of drug-likeness (QED) is 0.497. The number of nitrogens with zero attached hydrogens (tertiary/aromatic N) is 5. The van der Waals surface area contributed by atoms with Crippen LogP contribution in [0.2, 0.25) is 5.15 Å². The van der Waals surface area contributed by atoms with Crippen LogP contribution in [0.4, 0.5) is 0 Å². The highest BCUT2D eigenvalue weighted by Gasteiger charge is 2.21. The van der Waals surface area contributed by atoms with E-state index in [1.807, 2.05) is 21.2 Å². The zero-order valence-electron chi connectivity index (χ0n) is 17.6. The lowest BCUT2D eigenvalue weighted by Crippen LogP contribution is -2.17. The van der Waals surface area contributed by atoms with E-state index in [0.717, 1.165) is 69.3 Å². The van der Waals surface area contributed by atoms with Gasteiger partial charge in [-0.25, -0.2) is 15.0 Å². The predicted molar refractivity (Wildman–Crippen MR) is 119 cm³/mol. The Hall–Kier alpha value is -2.75. The Morgan fingerprint density at radius 3 is 2.03 bits per heavy atom. The van der Waals surface area contributed by atoms with E-state index in [9.17, 15) is 4.79 Å². The smallest absolute Gasteiger partial charge is 0.273 e. The lowest BCUT2D eigenvalue weighted by atomic mass is 10.00. The van der Waals surface area contributed by atoms with Crippen LogP contribution in [-0.4, -0.2) is 55.2 Å². The molecule has 4 aromatic heterocycles. The number of rotatable bonds is 2. The molecule has 0 bridgehead atoms. The van der Waals surface area contributed by atoms with Gasteiger partial charge in [-0.05, 0) is 25.7 Å². The summed E-state index contributed by atoms with van der Waals surface area (Å²) in [6.07, 6.45) is 14.6. The van der Waals surface area contributed by atoms with Crippen LogP contribution in [0.15, 0.2) is 42.0 Å². The van der Waals surface area contributed by atoms with E-state index in [1.54, 1.807) is 24.8 Å². The Labute approximate surface area is 189 Å². The number of hydrogen-bond donors (Lipinski definition) is 1. The maximum Gasteiger partial charge on any atom is 0.273 e. The number of aromatic nitrogens is 6. The Bertz CT molecular complexity index is 1250. The molecule has 2 saturated heterocycles. The van der Waals surface area contributed by atoms with Crippen LogP contribution in [0, 0.1) is 0 Å². The molecule has 1 N–H and O–H groups in total. The summed E-state index contributed by atoms with van der Waals surface area (Å²) in [5, 5.41) is 0.508. The Morgan fingerprint density at radius 1 is 0.844 bits per heavy atom. The van der Waals surface area contributed by atoms with Gasteiger partial charge in [-0.15, -0.1) is 0 Å². The normalized spacial score (nSPS) is 18.0. The van der Waals surface area contributed by atoms with Gasteiger partial charge in [-0.1, -0.05) is 11.6 Å². The van der Waals surface area contributed by atoms with Crippen molar-refractivity contribution in [3.05, 3.63) is 64.3 Å². The molecule has 2 fully saturated rings. The van der Waals surface area contributed by atoms with E-state index in [4.69, 9.17) is 21.1 Å². The van der Waals surface area contributed by atoms with Crippen molar-refractivity contribution in [2.45, 2.75) is 37.5 Å². The largest absolute Gasteiger partial charge is 0.381 e. The number of fused-ring (bicyclic) bond motifs is 2. The predicted octanol–water partition coefficient (Wildman–Crippen LogP) is 3.19. The van der Waals surface area contributed by atoms with Crippen LogP contribution < -0.4 is 5.56 Å². The van der Waals surface area contributed by atoms with Crippen molar-refractivity contribution in [2.75, 3.05) is 26.4 Å². The number of H-pyrrole nitrogens is 1. The Balaban J connectivity index is 0.000000135. The summed E-state index contributed by atoms with van der Waals surface area (Å²) in [6, 6.07) is 0. The highest BCUT2D eigenvalue weighted by atomic mass is 35.5. The molecule has 0 aliphatic carbocycles. The van der Waals surface area contributed by atoms with Gasteiger partial charge in [0.2, 0.25) is 0 Å². The molecule has 0 spiro atoms. The summed E-state index contributed by atoms with van der Waals surface area (Å²) < 4.78 is 14.6. The number of hydrogen-bond acceptors (Lipinski definition) is 6. The SMILES string of the molecule is Clc1nccn2c(C3CCOCC3)ncc12.O=c1[nH]ccn2c(C3CCOCC3)ncc12. The number of imidazole rings is 2. The number of ether oxygens (including phenoxy) is 2. The maximum atomic E-state index is 11.5. The standard InChI is InChI=1S/C11H12ClN3O.C11H13N3O2/c12-10-9-7-14-11(15(9)4-3-13-10)8-1-5-16-6-2-8;15-11-9-7-13-10(14(9)4-3-12-11)8-1-5-16-6-2-8/h3-4,7-8H,1-2,5-6H2;3-4,7-8H,1-2,5-6H2,(H,12,15). The van der Waals surface area contributed by atoms with Crippen LogP contribution in [0.25, 0.3) is 11.0 Å². The van der Waals surface area contributed by atoms with Crippen molar-refractivity contribution in [3.8, 4) is 0 Å². The molecule has 6 rings (SSSR count). The van der Waals surface area contributed by atoms with Gasteiger partial charge in [0.25, 0.3) is 5.56 Å². The number of nitrogens with one attached hydrogen (secondary N) is 1. The van der Waals surface area contributed by atoms with Crippen molar-refractivity contribution in [1.29, 1.82) is 0 Å². The molecule has 10 heteroatoms. The second-order valence-corrected chi connectivity index (χ2v) is 8.38. The molecule has 0 saturated carbocycles. The minimum Gasteiger partial charge on any atom is -0.381 e. The van der Waals surface area contributed by atoms with E-state index < -0.39 is 0 Å². The fraction of sp³-hybridized carbons (Fsp3) is 0.455. The van der Waals surface area contributed by atoms with Crippen LogP contribution in [-0.2, 0) is 9.47 Å². The van der Waals surface area contributed by atoms with E-state index in [0.29, 0.717) is 22.5 Å². The molecule has 0 amide bonds. The Kier molecular flexibility index (Phi) is 6.20. The second-order valence-electron chi connectivity index (χ2n) is 8.02. The first kappa shape index (κ1) is 21.1. The van der Waals surface area contributed by atoms with Crippen LogP contribution in [0.1, 0.15) is 49.2 Å². The van der Waals surface area contributed by atoms with Crippen molar-refractivity contribution in [1.82, 2.24) is 28.7 Å². The third-order valence-corrected chi connectivity index (χ3v) is 6.40. The summed E-state index contributed by atoms with van der Waals surface area (Å²) in [6.45, 7) is 3.20. The summed E-state index contributed by atoms with van der Waals surface area (Å²) in [5.41, 5.74) is 1.41. The molecule has 32 heavy (non-hydrogen) atoms. The van der Waals surface area contributed by atoms with Crippen LogP contribution >= 0.6 is 11.6 Å². The lowest BCUT2D eigenvalue weighted by molar-refractivity contribution is 0.0834. The molecular formula is C22H25ClN6O3. The molecule has 0 radical (unpaired) electrons. The summed E-state index contributed by atoms with van der Waals surface area (Å²) in [5.74, 6) is 2.92. The van der Waals surface area contributed by atoms with Gasteiger partial charge in [0.1, 0.15) is 22.7 Å². The third-order valence-electron chi connectivity index (χ3n) is 6.11. The fourth-order valence-electron chi connectivity index (χ4n) is 4.39. The molecular weight excluding hydrogens is 432 g/mol. The monoisotopic (exact) mass is 456 g/mol. The Morgan fingerprint density at radius 2 is 1.41 bits per heavy atom.